The number of aldehydes is 1. The maximum atomic E-state index is 11.0. The molecule has 2 saturated carbocycles. The van der Waals surface area contributed by atoms with Crippen molar-refractivity contribution in [3.8, 4) is 16.9 Å². The van der Waals surface area contributed by atoms with E-state index < -0.39 is 0 Å². The molecule has 36 heavy (non-hydrogen) atoms. The molecule has 0 spiro atoms. The summed E-state index contributed by atoms with van der Waals surface area (Å²) in [6.07, 6.45) is 5.85. The quantitative estimate of drug-likeness (QED) is 0.291. The number of aromatic hydroxyl groups is 1. The number of rotatable bonds is 4. The molecule has 5 heteroatoms. The van der Waals surface area contributed by atoms with E-state index in [9.17, 15) is 15.0 Å². The number of phenols is 1. The molecule has 183 valence electrons. The van der Waals surface area contributed by atoms with Gasteiger partial charge in [-0.2, -0.15) is 0 Å². The Kier molecular flexibility index (Phi) is 7.77. The largest absolute Gasteiger partial charge is 0.508 e. The number of hydrogen-bond acceptors (Lipinski definition) is 4. The van der Waals surface area contributed by atoms with E-state index in [1.54, 1.807) is 0 Å². The molecule has 0 amide bonds. The van der Waals surface area contributed by atoms with Crippen molar-refractivity contribution in [1.29, 1.82) is 0 Å². The molecule has 1 radical (unpaired) electrons. The van der Waals surface area contributed by atoms with Gasteiger partial charge in [0.05, 0.1) is 6.10 Å². The van der Waals surface area contributed by atoms with Gasteiger partial charge in [-0.05, 0) is 102 Å². The van der Waals surface area contributed by atoms with Crippen LogP contribution in [0.15, 0.2) is 71.6 Å². The minimum absolute atomic E-state index is 0. The number of thioether (sulfide) groups is 1. The summed E-state index contributed by atoms with van der Waals surface area (Å²) in [6.45, 7) is 2.32. The van der Waals surface area contributed by atoms with Crippen LogP contribution in [0.5, 0.6) is 5.75 Å². The van der Waals surface area contributed by atoms with E-state index >= 15 is 0 Å². The molecule has 3 nitrogen and oxygen atoms in total. The van der Waals surface area contributed by atoms with Crippen LogP contribution in [0.4, 0.5) is 0 Å². The van der Waals surface area contributed by atoms with Crippen LogP contribution in [0.25, 0.3) is 11.1 Å². The summed E-state index contributed by atoms with van der Waals surface area (Å²) in [5, 5.41) is 21.5. The van der Waals surface area contributed by atoms with Gasteiger partial charge in [0, 0.05) is 59.8 Å². The van der Waals surface area contributed by atoms with Gasteiger partial charge in [0.1, 0.15) is 12.0 Å². The third kappa shape index (κ3) is 4.64. The third-order valence-electron chi connectivity index (χ3n) is 9.18. The first-order chi connectivity index (χ1) is 17.0. The van der Waals surface area contributed by atoms with Crippen LogP contribution in [0.2, 0.25) is 0 Å². The second-order valence-corrected chi connectivity index (χ2v) is 12.2. The van der Waals surface area contributed by atoms with Crippen LogP contribution >= 0.6 is 11.8 Å². The van der Waals surface area contributed by atoms with Gasteiger partial charge in [0.25, 0.3) is 0 Å². The number of benzene rings is 3. The van der Waals surface area contributed by atoms with Gasteiger partial charge >= 0.3 is 0 Å². The molecule has 3 aliphatic rings. The third-order valence-corrected chi connectivity index (χ3v) is 10.5. The first kappa shape index (κ1) is 26.5. The minimum atomic E-state index is -0.190. The van der Waals surface area contributed by atoms with E-state index in [4.69, 9.17) is 0 Å². The number of carbonyl (C=O) groups excluding carboxylic acids is 1. The Morgan fingerprint density at radius 3 is 2.33 bits per heavy atom. The number of aliphatic hydroxyl groups is 1. The maximum absolute atomic E-state index is 11.0. The monoisotopic (exact) mass is 711 g/mol. The maximum Gasteiger partial charge on any atom is 0.150 e. The Bertz CT molecular complexity index is 1240. The van der Waals surface area contributed by atoms with Gasteiger partial charge in [-0.1, -0.05) is 49.4 Å². The summed E-state index contributed by atoms with van der Waals surface area (Å²) in [5.74, 6) is 1.92. The van der Waals surface area contributed by atoms with Crippen molar-refractivity contribution < 1.29 is 59.1 Å². The van der Waals surface area contributed by atoms with Crippen molar-refractivity contribution in [1.82, 2.24) is 0 Å². The van der Waals surface area contributed by atoms with Gasteiger partial charge < -0.3 is 10.2 Å². The molecule has 0 saturated heterocycles. The van der Waals surface area contributed by atoms with Crippen LogP contribution in [0.3, 0.4) is 0 Å². The number of hydrogen-bond donors (Lipinski definition) is 2. The molecule has 0 heterocycles. The molecule has 6 rings (SSSR count). The van der Waals surface area contributed by atoms with Gasteiger partial charge in [-0.25, -0.2) is 0 Å². The zero-order valence-electron chi connectivity index (χ0n) is 20.6. The molecule has 0 bridgehead atoms. The summed E-state index contributed by atoms with van der Waals surface area (Å²) in [5.41, 5.74) is 5.67. The minimum Gasteiger partial charge on any atom is -0.508 e. The fourth-order valence-corrected chi connectivity index (χ4v) is 8.75. The van der Waals surface area contributed by atoms with Gasteiger partial charge in [0.15, 0.2) is 0 Å². The van der Waals surface area contributed by atoms with Crippen molar-refractivity contribution in [3.63, 3.8) is 0 Å². The second-order valence-electron chi connectivity index (χ2n) is 10.9. The normalized spacial score (nSPS) is 30.4. The van der Waals surface area contributed by atoms with Crippen molar-refractivity contribution in [2.75, 3.05) is 0 Å². The number of phenolic OH excluding ortho intramolecular Hbond substituents is 1. The second kappa shape index (κ2) is 10.6. The van der Waals surface area contributed by atoms with Gasteiger partial charge in [0.2, 0.25) is 0 Å². The summed E-state index contributed by atoms with van der Waals surface area (Å²) >= 11 is 1.97. The van der Waals surface area contributed by atoms with Crippen molar-refractivity contribution in [3.05, 3.63) is 83.4 Å². The number of fused-ring (bicyclic) bond motifs is 5. The molecular formula is C31H32AcO3S. The van der Waals surface area contributed by atoms with Crippen LogP contribution in [0.1, 0.15) is 60.0 Å². The first-order valence-corrected chi connectivity index (χ1v) is 13.7. The van der Waals surface area contributed by atoms with Crippen LogP contribution < -0.4 is 0 Å². The van der Waals surface area contributed by atoms with Gasteiger partial charge in [-0.15, -0.1) is 11.8 Å². The average Bonchev–Trinajstić information content (AvgIpc) is 3.18. The zero-order chi connectivity index (χ0) is 24.2. The molecule has 5 unspecified atom stereocenters. The summed E-state index contributed by atoms with van der Waals surface area (Å²) in [6, 6.07) is 22.5. The summed E-state index contributed by atoms with van der Waals surface area (Å²) < 4.78 is 0. The fraction of sp³-hybridized carbons (Fsp3) is 0.387. The molecule has 6 atom stereocenters. The Balaban J connectivity index is 0.00000267. The molecule has 3 aliphatic carbocycles. The van der Waals surface area contributed by atoms with E-state index in [2.05, 4.69) is 37.3 Å². The Morgan fingerprint density at radius 2 is 1.64 bits per heavy atom. The van der Waals surface area contributed by atoms with E-state index in [1.807, 2.05) is 48.2 Å². The van der Waals surface area contributed by atoms with Crippen LogP contribution in [-0.4, -0.2) is 27.9 Å². The number of carbonyl (C=O) groups is 1. The van der Waals surface area contributed by atoms with Gasteiger partial charge in [-0.3, -0.25) is 4.79 Å². The molecular weight excluding hydrogens is 679 g/mol. The standard InChI is InChI=1S/C31H32O3S.Ac/c1-31-15-14-26-25-11-8-23(33)16-22(25)17-28(30(26)27(31)12-13-29(31)34)35-24-9-6-21(7-10-24)20-4-2-19(18-32)3-5-20;/h2-11,16,18,26-30,33-34H,12-15,17H2,1H3;/t26?,27?,28?,29?,30?,31-;/m0./s1. The van der Waals surface area contributed by atoms with E-state index in [-0.39, 0.29) is 55.6 Å². The molecule has 2 fully saturated rings. The van der Waals surface area contributed by atoms with Crippen molar-refractivity contribution >= 4 is 18.0 Å². The Hall–Kier alpha value is -1.12. The topological polar surface area (TPSA) is 57.5 Å². The SMILES string of the molecule is C[C@]12CCC3c4ccc(O)cc4CC(Sc4ccc(-c5ccc(C=O)cc5)cc4)C3C1CCC2O.[Ac]. The first-order valence-electron chi connectivity index (χ1n) is 12.8. The Labute approximate surface area is 253 Å². The fourth-order valence-electron chi connectivity index (χ4n) is 7.31. The molecule has 2 N–H and O–H groups in total. The molecule has 0 aliphatic heterocycles. The molecule has 3 aromatic carbocycles. The van der Waals surface area contributed by atoms with E-state index in [0.29, 0.717) is 34.3 Å². The Morgan fingerprint density at radius 1 is 0.944 bits per heavy atom. The van der Waals surface area contributed by atoms with Crippen LogP contribution in [-0.2, 0) is 6.42 Å². The van der Waals surface area contributed by atoms with Crippen molar-refractivity contribution in [2.45, 2.75) is 61.2 Å². The van der Waals surface area contributed by atoms with Crippen LogP contribution in [0, 0.1) is 61.3 Å². The van der Waals surface area contributed by atoms with E-state index in [1.165, 1.54) is 16.0 Å². The smallest absolute Gasteiger partial charge is 0.150 e. The number of aliphatic hydroxyl groups excluding tert-OH is 1. The zero-order valence-corrected chi connectivity index (χ0v) is 26.2. The summed E-state index contributed by atoms with van der Waals surface area (Å²) in [7, 11) is 0. The molecule has 0 aromatic heterocycles. The van der Waals surface area contributed by atoms with E-state index in [0.717, 1.165) is 49.5 Å². The van der Waals surface area contributed by atoms with Crippen molar-refractivity contribution in [2.24, 2.45) is 17.3 Å². The summed E-state index contributed by atoms with van der Waals surface area (Å²) in [4.78, 5) is 12.2. The predicted molar refractivity (Wildman–Crippen MR) is 141 cm³/mol. The molecule has 3 aromatic rings. The predicted octanol–water partition coefficient (Wildman–Crippen LogP) is 6.86. The average molecular weight is 712 g/mol.